The maximum absolute atomic E-state index is 5.92. The van der Waals surface area contributed by atoms with Crippen molar-refractivity contribution in [2.24, 2.45) is 5.10 Å². The molecule has 0 aliphatic carbocycles. The molecule has 0 saturated heterocycles. The van der Waals surface area contributed by atoms with Crippen molar-refractivity contribution in [1.29, 1.82) is 0 Å². The number of hydrogen-bond donors (Lipinski definition) is 0. The fourth-order valence-electron chi connectivity index (χ4n) is 4.49. The Morgan fingerprint density at radius 3 is 2.55 bits per heavy atom. The van der Waals surface area contributed by atoms with Crippen LogP contribution in [0.5, 0.6) is 0 Å². The highest BCUT2D eigenvalue weighted by atomic mass is 16.3. The van der Waals surface area contributed by atoms with Gasteiger partial charge in [0.25, 0.3) is 0 Å². The van der Waals surface area contributed by atoms with Gasteiger partial charge >= 0.3 is 0 Å². The van der Waals surface area contributed by atoms with Gasteiger partial charge in [-0.05, 0) is 28.9 Å². The van der Waals surface area contributed by atoms with E-state index >= 15 is 0 Å². The molecule has 144 valence electrons. The number of anilines is 1. The molecule has 0 N–H and O–H groups in total. The standard InChI is InChI=1S/C25H24N3O/c1-25(2)20-10-6-7-11-21(20)27(3)24(25)16-26-28(4)17-13-14-23-19(15-17)18-9-5-8-12-22(18)29-23/h5-16,24H,4H2,1-3H3/q+1. The second kappa shape index (κ2) is 6.31. The predicted molar refractivity (Wildman–Crippen MR) is 121 cm³/mol. The van der Waals surface area contributed by atoms with Crippen LogP contribution >= 0.6 is 0 Å². The van der Waals surface area contributed by atoms with Gasteiger partial charge < -0.3 is 9.32 Å². The summed E-state index contributed by atoms with van der Waals surface area (Å²) in [5.41, 5.74) is 5.28. The van der Waals surface area contributed by atoms with Crippen molar-refractivity contribution >= 4 is 46.2 Å². The lowest BCUT2D eigenvalue weighted by Crippen LogP contribution is -2.40. The number of hydrazone groups is 1. The van der Waals surface area contributed by atoms with E-state index in [1.807, 2.05) is 36.5 Å². The minimum atomic E-state index is -0.0274. The Morgan fingerprint density at radius 2 is 1.72 bits per heavy atom. The number of benzene rings is 3. The highest BCUT2D eigenvalue weighted by Crippen LogP contribution is 2.43. The third-order valence-electron chi connectivity index (χ3n) is 6.14. The Kier molecular flexibility index (Phi) is 3.85. The monoisotopic (exact) mass is 382 g/mol. The van der Waals surface area contributed by atoms with E-state index < -0.39 is 0 Å². The summed E-state index contributed by atoms with van der Waals surface area (Å²) < 4.78 is 7.61. The normalized spacial score (nSPS) is 18.0. The molecule has 4 aromatic rings. The third-order valence-corrected chi connectivity index (χ3v) is 6.14. The van der Waals surface area contributed by atoms with Gasteiger partial charge in [0.1, 0.15) is 11.2 Å². The van der Waals surface area contributed by atoms with Crippen molar-refractivity contribution in [3.05, 3.63) is 72.3 Å². The van der Waals surface area contributed by atoms with Crippen LogP contribution in [0.25, 0.3) is 21.9 Å². The van der Waals surface area contributed by atoms with E-state index in [2.05, 4.69) is 68.9 Å². The van der Waals surface area contributed by atoms with Crippen LogP contribution in [-0.2, 0) is 5.41 Å². The fourth-order valence-corrected chi connectivity index (χ4v) is 4.49. The summed E-state index contributed by atoms with van der Waals surface area (Å²) in [6, 6.07) is 22.9. The number of likely N-dealkylation sites (N-methyl/N-ethyl adjacent to an activating group) is 1. The van der Waals surface area contributed by atoms with Gasteiger partial charge in [-0.3, -0.25) is 0 Å². The molecule has 5 rings (SSSR count). The maximum atomic E-state index is 5.92. The molecule has 0 saturated carbocycles. The zero-order valence-corrected chi connectivity index (χ0v) is 17.0. The summed E-state index contributed by atoms with van der Waals surface area (Å²) in [5, 5.41) is 6.88. The molecule has 29 heavy (non-hydrogen) atoms. The topological polar surface area (TPSA) is 31.8 Å². The second-order valence-electron chi connectivity index (χ2n) is 8.24. The summed E-state index contributed by atoms with van der Waals surface area (Å²) in [5.74, 6) is 0. The van der Waals surface area contributed by atoms with Gasteiger partial charge in [0, 0.05) is 41.1 Å². The minimum Gasteiger partial charge on any atom is -0.456 e. The van der Waals surface area contributed by atoms with Crippen molar-refractivity contribution in [2.75, 3.05) is 11.9 Å². The Labute approximate surface area is 170 Å². The molecule has 0 bridgehead atoms. The van der Waals surface area contributed by atoms with E-state index in [0.29, 0.717) is 0 Å². The fraction of sp³-hybridized carbons (Fsp3) is 0.200. The van der Waals surface area contributed by atoms with Crippen molar-refractivity contribution in [1.82, 2.24) is 0 Å². The van der Waals surface area contributed by atoms with Crippen molar-refractivity contribution in [2.45, 2.75) is 25.3 Å². The van der Waals surface area contributed by atoms with Crippen LogP contribution in [0.3, 0.4) is 0 Å². The largest absolute Gasteiger partial charge is 0.456 e. The molecule has 1 atom stereocenters. The highest BCUT2D eigenvalue weighted by Gasteiger charge is 2.42. The van der Waals surface area contributed by atoms with Crippen molar-refractivity contribution in [3.63, 3.8) is 0 Å². The van der Waals surface area contributed by atoms with Crippen LogP contribution in [0.15, 0.2) is 76.2 Å². The van der Waals surface area contributed by atoms with Crippen LogP contribution in [0.2, 0.25) is 0 Å². The second-order valence-corrected chi connectivity index (χ2v) is 8.24. The molecule has 3 aromatic carbocycles. The molecule has 0 fully saturated rings. The molecule has 1 aliphatic heterocycles. The van der Waals surface area contributed by atoms with Crippen LogP contribution < -0.4 is 4.90 Å². The summed E-state index contributed by atoms with van der Waals surface area (Å²) in [4.78, 5) is 2.29. The average Bonchev–Trinajstić information content (AvgIpc) is 3.19. The number of furan rings is 1. The molecule has 2 heterocycles. The van der Waals surface area contributed by atoms with E-state index in [4.69, 9.17) is 9.52 Å². The summed E-state index contributed by atoms with van der Waals surface area (Å²) in [7, 11) is 2.13. The lowest BCUT2D eigenvalue weighted by Gasteiger charge is -2.28. The quantitative estimate of drug-likeness (QED) is 0.258. The first-order valence-corrected chi connectivity index (χ1v) is 9.85. The lowest BCUT2D eigenvalue weighted by atomic mass is 9.81. The maximum Gasteiger partial charge on any atom is 0.238 e. The van der Waals surface area contributed by atoms with Crippen LogP contribution in [-0.4, -0.2) is 30.7 Å². The van der Waals surface area contributed by atoms with Crippen molar-refractivity contribution < 1.29 is 9.10 Å². The van der Waals surface area contributed by atoms with Gasteiger partial charge in [-0.2, -0.15) is 0 Å². The van der Waals surface area contributed by atoms with E-state index in [-0.39, 0.29) is 11.5 Å². The molecule has 1 aromatic heterocycles. The smallest absolute Gasteiger partial charge is 0.238 e. The first-order valence-electron chi connectivity index (χ1n) is 9.85. The first kappa shape index (κ1) is 17.7. The number of para-hydroxylation sites is 2. The van der Waals surface area contributed by atoms with E-state index in [0.717, 1.165) is 27.6 Å². The molecule has 1 unspecified atom stereocenters. The Morgan fingerprint density at radius 1 is 1.00 bits per heavy atom. The van der Waals surface area contributed by atoms with Gasteiger partial charge in [-0.15, -0.1) is 0 Å². The van der Waals surface area contributed by atoms with E-state index in [9.17, 15) is 0 Å². The zero-order chi connectivity index (χ0) is 20.2. The summed E-state index contributed by atoms with van der Waals surface area (Å²) in [6.45, 7) is 8.68. The van der Waals surface area contributed by atoms with Crippen LogP contribution in [0, 0.1) is 0 Å². The summed E-state index contributed by atoms with van der Waals surface area (Å²) >= 11 is 0. The molecule has 0 radical (unpaired) electrons. The lowest BCUT2D eigenvalue weighted by molar-refractivity contribution is -0.435. The highest BCUT2D eigenvalue weighted by molar-refractivity contribution is 6.05. The van der Waals surface area contributed by atoms with Crippen LogP contribution in [0.1, 0.15) is 19.4 Å². The van der Waals surface area contributed by atoms with Gasteiger partial charge in [-0.25, -0.2) is 0 Å². The van der Waals surface area contributed by atoms with E-state index in [1.54, 1.807) is 4.68 Å². The third kappa shape index (κ3) is 2.67. The van der Waals surface area contributed by atoms with Crippen LogP contribution in [0.4, 0.5) is 11.4 Å². The van der Waals surface area contributed by atoms with Crippen molar-refractivity contribution in [3.8, 4) is 0 Å². The number of rotatable bonds is 3. The Hall–Kier alpha value is -3.40. The zero-order valence-electron chi connectivity index (χ0n) is 17.0. The number of fused-ring (bicyclic) bond motifs is 4. The molecular formula is C25H24N3O+. The minimum absolute atomic E-state index is 0.0274. The SMILES string of the molecule is C=[N+](N=CC1N(C)c2ccccc2C1(C)C)c1ccc2oc3ccccc3c2c1. The van der Waals surface area contributed by atoms with Gasteiger partial charge in [0.15, 0.2) is 6.72 Å². The Bertz CT molecular complexity index is 1280. The summed E-state index contributed by atoms with van der Waals surface area (Å²) in [6.07, 6.45) is 2.00. The molecular weight excluding hydrogens is 358 g/mol. The molecule has 1 aliphatic rings. The average molecular weight is 382 g/mol. The van der Waals surface area contributed by atoms with Gasteiger partial charge in [-0.1, -0.05) is 54.9 Å². The number of hydrogen-bond acceptors (Lipinski definition) is 3. The molecule has 4 nitrogen and oxygen atoms in total. The Balaban J connectivity index is 1.47. The van der Waals surface area contributed by atoms with E-state index in [1.165, 1.54) is 11.3 Å². The molecule has 0 spiro atoms. The van der Waals surface area contributed by atoms with Gasteiger partial charge in [0.2, 0.25) is 5.69 Å². The predicted octanol–water partition coefficient (Wildman–Crippen LogP) is 5.71. The molecule has 4 heteroatoms. The number of nitrogens with zero attached hydrogens (tertiary/aromatic N) is 3. The van der Waals surface area contributed by atoms with Gasteiger partial charge in [0.05, 0.1) is 12.3 Å². The molecule has 0 amide bonds. The first-order chi connectivity index (χ1) is 14.0.